The number of amides is 1. The molecule has 1 amide bonds. The van der Waals surface area contributed by atoms with Gasteiger partial charge in [0.15, 0.2) is 0 Å². The van der Waals surface area contributed by atoms with Gasteiger partial charge in [-0.05, 0) is 42.3 Å². The second kappa shape index (κ2) is 10.1. The Labute approximate surface area is 187 Å². The minimum atomic E-state index is -0.288. The van der Waals surface area contributed by atoms with Gasteiger partial charge in [-0.3, -0.25) is 4.79 Å². The number of carbonyl (C=O) groups excluding carboxylic acids is 1. The van der Waals surface area contributed by atoms with Gasteiger partial charge in [0.1, 0.15) is 11.6 Å². The fourth-order valence-electron chi connectivity index (χ4n) is 3.65. The van der Waals surface area contributed by atoms with Crippen LogP contribution in [-0.2, 0) is 11.2 Å². The molecule has 164 valence electrons. The zero-order chi connectivity index (χ0) is 22.3. The van der Waals surface area contributed by atoms with Gasteiger partial charge in [-0.25, -0.2) is 9.37 Å². The molecule has 0 fully saturated rings. The van der Waals surface area contributed by atoms with Crippen molar-refractivity contribution in [3.8, 4) is 0 Å². The maximum Gasteiger partial charge on any atom is 0.229 e. The van der Waals surface area contributed by atoms with Crippen LogP contribution in [0.25, 0.3) is 0 Å². The van der Waals surface area contributed by atoms with Crippen LogP contribution in [0.15, 0.2) is 85.2 Å². The van der Waals surface area contributed by atoms with Gasteiger partial charge in [-0.2, -0.15) is 0 Å². The molecule has 1 aliphatic rings. The second-order valence-corrected chi connectivity index (χ2v) is 7.76. The Kier molecular flexibility index (Phi) is 6.77. The van der Waals surface area contributed by atoms with Gasteiger partial charge in [0.2, 0.25) is 5.91 Å². The molecule has 4 rings (SSSR count). The molecular formula is C25H26FN5O. The molecule has 0 saturated heterocycles. The molecule has 1 aromatic heterocycles. The SMILES string of the molecule is NCC(Cc1ccccc1)NC(=O)C1C=CN(c2ccnc(Nc3ccc(F)cc3)c2)C1. The second-order valence-electron chi connectivity index (χ2n) is 7.76. The molecule has 7 heteroatoms. The number of benzene rings is 2. The summed E-state index contributed by atoms with van der Waals surface area (Å²) in [6, 6.07) is 19.8. The summed E-state index contributed by atoms with van der Waals surface area (Å²) in [6.07, 6.45) is 6.22. The van der Waals surface area contributed by atoms with Gasteiger partial charge in [0.25, 0.3) is 0 Å². The summed E-state index contributed by atoms with van der Waals surface area (Å²) < 4.78 is 13.1. The number of hydrogen-bond acceptors (Lipinski definition) is 5. The highest BCUT2D eigenvalue weighted by Gasteiger charge is 2.25. The molecule has 0 radical (unpaired) electrons. The van der Waals surface area contributed by atoms with Crippen molar-refractivity contribution in [2.24, 2.45) is 11.7 Å². The number of aromatic nitrogens is 1. The highest BCUT2D eigenvalue weighted by molar-refractivity contribution is 5.82. The number of anilines is 3. The molecule has 2 heterocycles. The Balaban J connectivity index is 1.35. The van der Waals surface area contributed by atoms with Gasteiger partial charge in [-0.15, -0.1) is 0 Å². The van der Waals surface area contributed by atoms with E-state index in [2.05, 4.69) is 15.6 Å². The number of halogens is 1. The number of pyridine rings is 1. The van der Waals surface area contributed by atoms with Crippen LogP contribution in [0.2, 0.25) is 0 Å². The molecule has 6 nitrogen and oxygen atoms in total. The van der Waals surface area contributed by atoms with E-state index in [9.17, 15) is 9.18 Å². The normalized spacial score (nSPS) is 16.1. The molecule has 1 aliphatic heterocycles. The summed E-state index contributed by atoms with van der Waals surface area (Å²) in [5.41, 5.74) is 8.70. The molecule has 2 atom stereocenters. The monoisotopic (exact) mass is 431 g/mol. The third kappa shape index (κ3) is 5.50. The molecule has 0 saturated carbocycles. The van der Waals surface area contributed by atoms with Crippen molar-refractivity contribution in [1.29, 1.82) is 0 Å². The van der Waals surface area contributed by atoms with E-state index < -0.39 is 0 Å². The Morgan fingerprint density at radius 1 is 1.16 bits per heavy atom. The number of rotatable bonds is 8. The Hall–Kier alpha value is -3.71. The molecule has 0 spiro atoms. The van der Waals surface area contributed by atoms with Crippen LogP contribution in [0.5, 0.6) is 0 Å². The molecule has 0 aliphatic carbocycles. The summed E-state index contributed by atoms with van der Waals surface area (Å²) in [4.78, 5) is 19.2. The van der Waals surface area contributed by atoms with Crippen molar-refractivity contribution in [3.05, 3.63) is 96.6 Å². The smallest absolute Gasteiger partial charge is 0.229 e. The first-order chi connectivity index (χ1) is 15.6. The topological polar surface area (TPSA) is 83.3 Å². The van der Waals surface area contributed by atoms with Crippen molar-refractivity contribution in [3.63, 3.8) is 0 Å². The van der Waals surface area contributed by atoms with Crippen LogP contribution in [-0.4, -0.2) is 30.0 Å². The fourth-order valence-corrected chi connectivity index (χ4v) is 3.65. The number of hydrogen-bond donors (Lipinski definition) is 3. The maximum atomic E-state index is 13.1. The lowest BCUT2D eigenvalue weighted by molar-refractivity contribution is -0.123. The lowest BCUT2D eigenvalue weighted by atomic mass is 10.0. The van der Waals surface area contributed by atoms with Crippen LogP contribution in [0.3, 0.4) is 0 Å². The van der Waals surface area contributed by atoms with E-state index in [4.69, 9.17) is 5.73 Å². The Morgan fingerprint density at radius 2 is 1.94 bits per heavy atom. The van der Waals surface area contributed by atoms with E-state index >= 15 is 0 Å². The van der Waals surface area contributed by atoms with E-state index in [1.165, 1.54) is 12.1 Å². The van der Waals surface area contributed by atoms with Gasteiger partial charge < -0.3 is 21.3 Å². The first-order valence-corrected chi connectivity index (χ1v) is 10.6. The molecule has 4 N–H and O–H groups in total. The van der Waals surface area contributed by atoms with Crippen molar-refractivity contribution in [2.45, 2.75) is 12.5 Å². The average molecular weight is 432 g/mol. The fraction of sp³-hybridized carbons (Fsp3) is 0.200. The molecular weight excluding hydrogens is 405 g/mol. The first kappa shape index (κ1) is 21.5. The van der Waals surface area contributed by atoms with Crippen molar-refractivity contribution < 1.29 is 9.18 Å². The minimum Gasteiger partial charge on any atom is -0.351 e. The molecule has 2 unspecified atom stereocenters. The summed E-state index contributed by atoms with van der Waals surface area (Å²) in [7, 11) is 0. The van der Waals surface area contributed by atoms with Crippen LogP contribution < -0.4 is 21.3 Å². The molecule has 0 bridgehead atoms. The van der Waals surface area contributed by atoms with E-state index in [0.29, 0.717) is 25.3 Å². The maximum absolute atomic E-state index is 13.1. The quantitative estimate of drug-likeness (QED) is 0.508. The van der Waals surface area contributed by atoms with Crippen molar-refractivity contribution in [2.75, 3.05) is 23.3 Å². The van der Waals surface area contributed by atoms with Crippen LogP contribution in [0, 0.1) is 11.7 Å². The van der Waals surface area contributed by atoms with E-state index in [0.717, 1.165) is 16.9 Å². The van der Waals surface area contributed by atoms with Crippen molar-refractivity contribution >= 4 is 23.1 Å². The summed E-state index contributed by atoms with van der Waals surface area (Å²) >= 11 is 0. The van der Waals surface area contributed by atoms with E-state index in [1.54, 1.807) is 18.3 Å². The van der Waals surface area contributed by atoms with Crippen LogP contribution in [0.4, 0.5) is 21.6 Å². The predicted octanol–water partition coefficient (Wildman–Crippen LogP) is 3.60. The number of nitrogens with zero attached hydrogens (tertiary/aromatic N) is 2. The van der Waals surface area contributed by atoms with Crippen LogP contribution >= 0.6 is 0 Å². The molecule has 2 aromatic carbocycles. The zero-order valence-electron chi connectivity index (χ0n) is 17.6. The summed E-state index contributed by atoms with van der Waals surface area (Å²) in [5.74, 6) is 0.0567. The highest BCUT2D eigenvalue weighted by atomic mass is 19.1. The minimum absolute atomic E-state index is 0.0335. The summed E-state index contributed by atoms with van der Waals surface area (Å²) in [5, 5.41) is 6.24. The number of carbonyl (C=O) groups is 1. The average Bonchev–Trinajstić information content (AvgIpc) is 3.32. The Bertz CT molecular complexity index is 1070. The molecule has 32 heavy (non-hydrogen) atoms. The lowest BCUT2D eigenvalue weighted by Crippen LogP contribution is -2.45. The lowest BCUT2D eigenvalue weighted by Gasteiger charge is -2.21. The zero-order valence-corrected chi connectivity index (χ0v) is 17.6. The highest BCUT2D eigenvalue weighted by Crippen LogP contribution is 2.25. The van der Waals surface area contributed by atoms with Gasteiger partial charge in [0.05, 0.1) is 5.92 Å². The van der Waals surface area contributed by atoms with Gasteiger partial charge >= 0.3 is 0 Å². The van der Waals surface area contributed by atoms with Gasteiger partial charge in [0, 0.05) is 49.0 Å². The van der Waals surface area contributed by atoms with E-state index in [-0.39, 0.29) is 23.7 Å². The van der Waals surface area contributed by atoms with Crippen molar-refractivity contribution in [1.82, 2.24) is 10.3 Å². The first-order valence-electron chi connectivity index (χ1n) is 10.6. The third-order valence-corrected chi connectivity index (χ3v) is 5.38. The predicted molar refractivity (Wildman–Crippen MR) is 125 cm³/mol. The number of nitrogens with two attached hydrogens (primary N) is 1. The summed E-state index contributed by atoms with van der Waals surface area (Å²) in [6.45, 7) is 0.915. The molecule has 3 aromatic rings. The number of nitrogens with one attached hydrogen (secondary N) is 2. The standard InChI is InChI=1S/C25H26FN5O/c26-20-6-8-21(9-7-20)29-24-15-23(10-12-28-24)31-13-11-19(17-31)25(32)30-22(16-27)14-18-4-2-1-3-5-18/h1-13,15,19,22H,14,16-17,27H2,(H,28,29)(H,30,32). The largest absolute Gasteiger partial charge is 0.351 e. The van der Waals surface area contributed by atoms with E-state index in [1.807, 2.05) is 59.6 Å². The Morgan fingerprint density at radius 3 is 2.69 bits per heavy atom. The van der Waals surface area contributed by atoms with Crippen LogP contribution in [0.1, 0.15) is 5.56 Å². The third-order valence-electron chi connectivity index (χ3n) is 5.38. The van der Waals surface area contributed by atoms with Gasteiger partial charge in [-0.1, -0.05) is 36.4 Å².